The van der Waals surface area contributed by atoms with Crippen molar-refractivity contribution in [2.24, 2.45) is 5.92 Å². The van der Waals surface area contributed by atoms with Crippen LogP contribution in [0.15, 0.2) is 60.7 Å². The number of ether oxygens (including phenoxy) is 3. The number of halogens is 3. The van der Waals surface area contributed by atoms with Crippen LogP contribution in [0.5, 0.6) is 0 Å². The summed E-state index contributed by atoms with van der Waals surface area (Å²) >= 11 is 0. The fourth-order valence-electron chi connectivity index (χ4n) is 4.15. The molecule has 0 radical (unpaired) electrons. The highest BCUT2D eigenvalue weighted by atomic mass is 19.4. The molecule has 0 spiro atoms. The number of rotatable bonds is 10. The molecule has 0 bridgehead atoms. The van der Waals surface area contributed by atoms with E-state index in [4.69, 9.17) is 14.2 Å². The van der Waals surface area contributed by atoms with Gasteiger partial charge in [0.25, 0.3) is 0 Å². The maximum absolute atomic E-state index is 14.0. The van der Waals surface area contributed by atoms with Crippen LogP contribution >= 0.6 is 0 Å². The number of esters is 1. The van der Waals surface area contributed by atoms with Crippen LogP contribution in [0.2, 0.25) is 0 Å². The number of hydrogen-bond donors (Lipinski definition) is 0. The summed E-state index contributed by atoms with van der Waals surface area (Å²) in [4.78, 5) is 39.6. The van der Waals surface area contributed by atoms with Crippen molar-refractivity contribution >= 4 is 18.0 Å². The van der Waals surface area contributed by atoms with E-state index in [-0.39, 0.29) is 19.6 Å². The fourth-order valence-corrected chi connectivity index (χ4v) is 4.15. The van der Waals surface area contributed by atoms with Crippen molar-refractivity contribution in [1.82, 2.24) is 4.90 Å². The Morgan fingerprint density at radius 2 is 1.58 bits per heavy atom. The van der Waals surface area contributed by atoms with Gasteiger partial charge in [0.15, 0.2) is 6.10 Å². The number of nitrogens with zero attached hydrogens (tertiary/aromatic N) is 1. The van der Waals surface area contributed by atoms with Crippen LogP contribution in [0.1, 0.15) is 44.7 Å². The van der Waals surface area contributed by atoms with Gasteiger partial charge in [-0.1, -0.05) is 60.7 Å². The average Bonchev–Trinajstić information content (AvgIpc) is 3.19. The Labute approximate surface area is 219 Å². The Balaban J connectivity index is 1.84. The average molecular weight is 536 g/mol. The molecule has 0 aliphatic carbocycles. The fraction of sp³-hybridized carbons (Fsp3) is 0.464. The molecule has 0 saturated carbocycles. The van der Waals surface area contributed by atoms with Crippen LogP contribution in [0, 0.1) is 5.92 Å². The molecule has 1 unspecified atom stereocenters. The number of imide groups is 1. The zero-order chi connectivity index (χ0) is 27.9. The minimum atomic E-state index is -4.82. The highest BCUT2D eigenvalue weighted by Gasteiger charge is 2.47. The van der Waals surface area contributed by atoms with Gasteiger partial charge in [0.1, 0.15) is 12.2 Å². The molecule has 1 fully saturated rings. The Kier molecular flexibility index (Phi) is 9.54. The van der Waals surface area contributed by atoms with Crippen molar-refractivity contribution in [3.05, 3.63) is 71.8 Å². The molecular weight excluding hydrogens is 503 g/mol. The first kappa shape index (κ1) is 29.2. The Morgan fingerprint density at radius 1 is 1.00 bits per heavy atom. The Hall–Kier alpha value is -3.40. The van der Waals surface area contributed by atoms with Crippen LogP contribution in [-0.4, -0.2) is 53.4 Å². The molecular formula is C28H32F3NO6. The molecule has 38 heavy (non-hydrogen) atoms. The highest BCUT2D eigenvalue weighted by Crippen LogP contribution is 2.32. The molecule has 2 amide bonds. The summed E-state index contributed by atoms with van der Waals surface area (Å²) in [6.45, 7) is 4.37. The summed E-state index contributed by atoms with van der Waals surface area (Å²) in [6, 6.07) is 16.6. The minimum Gasteiger partial charge on any atom is -0.460 e. The lowest BCUT2D eigenvalue weighted by molar-refractivity contribution is -0.229. The molecule has 0 aromatic heterocycles. The third-order valence-electron chi connectivity index (χ3n) is 5.85. The summed E-state index contributed by atoms with van der Waals surface area (Å²) in [7, 11) is 0. The maximum Gasteiger partial charge on any atom is 0.416 e. The number of hydrogen-bond acceptors (Lipinski definition) is 6. The topological polar surface area (TPSA) is 82.1 Å². The van der Waals surface area contributed by atoms with Crippen LogP contribution in [0.3, 0.4) is 0 Å². The van der Waals surface area contributed by atoms with Gasteiger partial charge in [-0.05, 0) is 44.7 Å². The van der Waals surface area contributed by atoms with Gasteiger partial charge in [-0.25, -0.2) is 9.69 Å². The highest BCUT2D eigenvalue weighted by molar-refractivity contribution is 5.96. The third kappa shape index (κ3) is 8.58. The van der Waals surface area contributed by atoms with E-state index in [1.165, 1.54) is 0 Å². The quantitative estimate of drug-likeness (QED) is 0.376. The van der Waals surface area contributed by atoms with E-state index < -0.39 is 60.7 Å². The molecule has 2 aromatic carbocycles. The lowest BCUT2D eigenvalue weighted by Crippen LogP contribution is -2.46. The van der Waals surface area contributed by atoms with Crippen molar-refractivity contribution in [3.63, 3.8) is 0 Å². The molecule has 7 nitrogen and oxygen atoms in total. The second-order valence-corrected chi connectivity index (χ2v) is 10.2. The molecule has 1 aliphatic heterocycles. The van der Waals surface area contributed by atoms with Crippen LogP contribution < -0.4 is 0 Å². The molecule has 10 heteroatoms. The predicted octanol–water partition coefficient (Wildman–Crippen LogP) is 5.46. The first-order valence-electron chi connectivity index (χ1n) is 12.3. The smallest absolute Gasteiger partial charge is 0.416 e. The monoisotopic (exact) mass is 535 g/mol. The Bertz CT molecular complexity index is 1090. The lowest BCUT2D eigenvalue weighted by Gasteiger charge is -2.29. The number of benzene rings is 2. The number of carbonyl (C=O) groups is 3. The number of cyclic esters (lactones) is 1. The standard InChI is InChI=1S/C28H32F3NO6/c1-27(2,3)38-24(33)16-21(15-23(28(29,30)31)36-17-20-12-8-5-9-13-20)25(34)32-22(18-37-26(32)35)14-19-10-6-4-7-11-19/h4-13,21-23H,14-18H2,1-3H3/t21-,22+,23?/m0/s1. The largest absolute Gasteiger partial charge is 0.460 e. The number of carbonyl (C=O) groups excluding carboxylic acids is 3. The van der Waals surface area contributed by atoms with Gasteiger partial charge in [-0.3, -0.25) is 9.59 Å². The number of amides is 2. The summed E-state index contributed by atoms with van der Waals surface area (Å²) in [5.74, 6) is -3.32. The van der Waals surface area contributed by atoms with E-state index >= 15 is 0 Å². The summed E-state index contributed by atoms with van der Waals surface area (Å²) < 4.78 is 57.6. The summed E-state index contributed by atoms with van der Waals surface area (Å²) in [5, 5.41) is 0. The normalized spacial score (nSPS) is 17.6. The van der Waals surface area contributed by atoms with E-state index in [1.54, 1.807) is 75.4 Å². The molecule has 3 atom stereocenters. The number of alkyl halides is 3. The molecule has 0 N–H and O–H groups in total. The molecule has 206 valence electrons. The molecule has 1 saturated heterocycles. The van der Waals surface area contributed by atoms with E-state index in [0.717, 1.165) is 10.5 Å². The van der Waals surface area contributed by atoms with E-state index in [1.807, 2.05) is 6.07 Å². The molecule has 2 aromatic rings. The Morgan fingerprint density at radius 3 is 2.13 bits per heavy atom. The lowest BCUT2D eigenvalue weighted by atomic mass is 9.94. The van der Waals surface area contributed by atoms with E-state index in [2.05, 4.69) is 0 Å². The first-order valence-corrected chi connectivity index (χ1v) is 12.3. The van der Waals surface area contributed by atoms with E-state index in [9.17, 15) is 27.6 Å². The van der Waals surface area contributed by atoms with Crippen LogP contribution in [0.4, 0.5) is 18.0 Å². The summed E-state index contributed by atoms with van der Waals surface area (Å²) in [6.07, 6.45) is -9.40. The van der Waals surface area contributed by atoms with Crippen molar-refractivity contribution < 1.29 is 41.8 Å². The molecule has 1 aliphatic rings. The van der Waals surface area contributed by atoms with Gasteiger partial charge in [0.05, 0.1) is 25.0 Å². The second-order valence-electron chi connectivity index (χ2n) is 10.2. The second kappa shape index (κ2) is 12.4. The van der Waals surface area contributed by atoms with Crippen LogP contribution in [0.25, 0.3) is 0 Å². The van der Waals surface area contributed by atoms with Gasteiger partial charge in [0, 0.05) is 0 Å². The minimum absolute atomic E-state index is 0.105. The maximum atomic E-state index is 14.0. The van der Waals surface area contributed by atoms with Gasteiger partial charge in [0.2, 0.25) is 5.91 Å². The van der Waals surface area contributed by atoms with E-state index in [0.29, 0.717) is 5.56 Å². The SMILES string of the molecule is CC(C)(C)OC(=O)C[C@H](CC(OCc1ccccc1)C(F)(F)F)C(=O)N1C(=O)OC[C@H]1Cc1ccccc1. The van der Waals surface area contributed by atoms with Crippen LogP contribution in [-0.2, 0) is 36.8 Å². The van der Waals surface area contributed by atoms with Crippen molar-refractivity contribution in [1.29, 1.82) is 0 Å². The predicted molar refractivity (Wildman–Crippen MR) is 132 cm³/mol. The first-order chi connectivity index (χ1) is 17.8. The van der Waals surface area contributed by atoms with Gasteiger partial charge in [-0.15, -0.1) is 0 Å². The molecule has 3 rings (SSSR count). The van der Waals surface area contributed by atoms with Gasteiger partial charge >= 0.3 is 18.2 Å². The third-order valence-corrected chi connectivity index (χ3v) is 5.85. The zero-order valence-corrected chi connectivity index (χ0v) is 21.6. The summed E-state index contributed by atoms with van der Waals surface area (Å²) in [5.41, 5.74) is 0.417. The van der Waals surface area contributed by atoms with Crippen molar-refractivity contribution in [3.8, 4) is 0 Å². The van der Waals surface area contributed by atoms with Crippen molar-refractivity contribution in [2.45, 2.75) is 70.6 Å². The van der Waals surface area contributed by atoms with Gasteiger partial charge in [-0.2, -0.15) is 13.2 Å². The molecule has 1 heterocycles. The van der Waals surface area contributed by atoms with Gasteiger partial charge < -0.3 is 14.2 Å². The zero-order valence-electron chi connectivity index (χ0n) is 21.6. The van der Waals surface area contributed by atoms with Crippen molar-refractivity contribution in [2.75, 3.05) is 6.61 Å².